The van der Waals surface area contributed by atoms with Crippen LogP contribution in [0.4, 0.5) is 0 Å². The fourth-order valence-corrected chi connectivity index (χ4v) is 4.40. The van der Waals surface area contributed by atoms with Crippen LogP contribution in [0.15, 0.2) is 35.7 Å². The summed E-state index contributed by atoms with van der Waals surface area (Å²) in [6, 6.07) is 9.62. The predicted octanol–water partition coefficient (Wildman–Crippen LogP) is 1.96. The molecule has 22 heavy (non-hydrogen) atoms. The molecule has 5 nitrogen and oxygen atoms in total. The van der Waals surface area contributed by atoms with Crippen LogP contribution in [-0.4, -0.2) is 43.1 Å². The summed E-state index contributed by atoms with van der Waals surface area (Å²) in [6.07, 6.45) is 0.957. The molecule has 2 aromatic rings. The first-order chi connectivity index (χ1) is 10.5. The standard InChI is InChI=1S/C15H16N2O3S2/c18-14(17-7-4-8-17)11-22(19,20)10-13-9-21-15(16-13)12-5-2-1-3-6-12/h1-3,5-6,9H,4,7-8,10-11H2. The molecule has 1 aliphatic rings. The van der Waals surface area contributed by atoms with Gasteiger partial charge in [0, 0.05) is 24.0 Å². The molecular formula is C15H16N2O3S2. The Morgan fingerprint density at radius 1 is 1.23 bits per heavy atom. The average Bonchev–Trinajstić information content (AvgIpc) is 2.84. The Labute approximate surface area is 133 Å². The number of aromatic nitrogens is 1. The van der Waals surface area contributed by atoms with Gasteiger partial charge in [0.2, 0.25) is 5.91 Å². The molecule has 1 aromatic carbocycles. The molecular weight excluding hydrogens is 320 g/mol. The van der Waals surface area contributed by atoms with E-state index in [1.807, 2.05) is 30.3 Å². The zero-order valence-corrected chi connectivity index (χ0v) is 13.6. The third-order valence-electron chi connectivity index (χ3n) is 3.49. The minimum atomic E-state index is -3.47. The van der Waals surface area contributed by atoms with Gasteiger partial charge in [-0.05, 0) is 6.42 Å². The van der Waals surface area contributed by atoms with E-state index in [0.29, 0.717) is 18.8 Å². The Hall–Kier alpha value is -1.73. The van der Waals surface area contributed by atoms with Crippen LogP contribution in [0, 0.1) is 0 Å². The van der Waals surface area contributed by atoms with Crippen LogP contribution in [0.2, 0.25) is 0 Å². The lowest BCUT2D eigenvalue weighted by Gasteiger charge is -2.30. The summed E-state index contributed by atoms with van der Waals surface area (Å²) < 4.78 is 24.2. The number of benzene rings is 1. The number of thiazole rings is 1. The van der Waals surface area contributed by atoms with Crippen molar-refractivity contribution < 1.29 is 13.2 Å². The highest BCUT2D eigenvalue weighted by atomic mass is 32.2. The summed E-state index contributed by atoms with van der Waals surface area (Å²) in [7, 11) is -3.47. The Morgan fingerprint density at radius 3 is 2.59 bits per heavy atom. The molecule has 0 spiro atoms. The van der Waals surface area contributed by atoms with Gasteiger partial charge in [0.05, 0.1) is 11.4 Å². The lowest BCUT2D eigenvalue weighted by Crippen LogP contribution is -2.44. The van der Waals surface area contributed by atoms with E-state index in [-0.39, 0.29) is 11.7 Å². The van der Waals surface area contributed by atoms with Crippen LogP contribution in [-0.2, 0) is 20.4 Å². The van der Waals surface area contributed by atoms with Crippen molar-refractivity contribution in [2.24, 2.45) is 0 Å². The molecule has 1 saturated heterocycles. The highest BCUT2D eigenvalue weighted by molar-refractivity contribution is 7.91. The van der Waals surface area contributed by atoms with E-state index >= 15 is 0 Å². The molecule has 7 heteroatoms. The van der Waals surface area contributed by atoms with E-state index in [1.54, 1.807) is 10.3 Å². The van der Waals surface area contributed by atoms with Gasteiger partial charge in [0.1, 0.15) is 10.8 Å². The first kappa shape index (κ1) is 15.2. The molecule has 1 aromatic heterocycles. The summed E-state index contributed by atoms with van der Waals surface area (Å²) in [6.45, 7) is 1.34. The molecule has 0 unspecified atom stereocenters. The van der Waals surface area contributed by atoms with Crippen LogP contribution >= 0.6 is 11.3 Å². The first-order valence-corrected chi connectivity index (χ1v) is 9.72. The van der Waals surface area contributed by atoms with Gasteiger partial charge in [-0.25, -0.2) is 13.4 Å². The molecule has 3 rings (SSSR count). The average molecular weight is 336 g/mol. The number of likely N-dealkylation sites (tertiary alicyclic amines) is 1. The van der Waals surface area contributed by atoms with E-state index < -0.39 is 15.6 Å². The Kier molecular flexibility index (Phi) is 4.26. The third kappa shape index (κ3) is 3.53. The van der Waals surface area contributed by atoms with E-state index in [1.165, 1.54) is 11.3 Å². The van der Waals surface area contributed by atoms with Gasteiger partial charge < -0.3 is 4.90 Å². The maximum absolute atomic E-state index is 12.1. The van der Waals surface area contributed by atoms with Crippen molar-refractivity contribution >= 4 is 27.1 Å². The smallest absolute Gasteiger partial charge is 0.237 e. The fraction of sp³-hybridized carbons (Fsp3) is 0.333. The Balaban J connectivity index is 1.67. The van der Waals surface area contributed by atoms with Crippen molar-refractivity contribution in [1.82, 2.24) is 9.88 Å². The van der Waals surface area contributed by atoms with Crippen LogP contribution < -0.4 is 0 Å². The zero-order chi connectivity index (χ0) is 15.6. The van der Waals surface area contributed by atoms with Crippen LogP contribution in [0.1, 0.15) is 12.1 Å². The van der Waals surface area contributed by atoms with Crippen molar-refractivity contribution in [2.75, 3.05) is 18.8 Å². The number of carbonyl (C=O) groups is 1. The number of sulfone groups is 1. The lowest BCUT2D eigenvalue weighted by atomic mass is 10.2. The second kappa shape index (κ2) is 6.18. The van der Waals surface area contributed by atoms with Crippen LogP contribution in [0.3, 0.4) is 0 Å². The zero-order valence-electron chi connectivity index (χ0n) is 11.9. The van der Waals surface area contributed by atoms with E-state index in [4.69, 9.17) is 0 Å². The second-order valence-corrected chi connectivity index (χ2v) is 8.20. The summed E-state index contributed by atoms with van der Waals surface area (Å²) in [5, 5.41) is 2.54. The van der Waals surface area contributed by atoms with Gasteiger partial charge in [0.15, 0.2) is 9.84 Å². The van der Waals surface area contributed by atoms with Crippen molar-refractivity contribution in [1.29, 1.82) is 0 Å². The topological polar surface area (TPSA) is 67.3 Å². The van der Waals surface area contributed by atoms with E-state index in [9.17, 15) is 13.2 Å². The molecule has 1 aliphatic heterocycles. The maximum Gasteiger partial charge on any atom is 0.237 e. The van der Waals surface area contributed by atoms with Crippen molar-refractivity contribution in [3.8, 4) is 10.6 Å². The molecule has 0 saturated carbocycles. The summed E-state index contributed by atoms with van der Waals surface area (Å²) >= 11 is 1.41. The summed E-state index contributed by atoms with van der Waals surface area (Å²) in [4.78, 5) is 17.7. The molecule has 0 radical (unpaired) electrons. The van der Waals surface area contributed by atoms with Crippen molar-refractivity contribution in [3.05, 3.63) is 41.4 Å². The lowest BCUT2D eigenvalue weighted by molar-refractivity contribution is -0.131. The van der Waals surface area contributed by atoms with Gasteiger partial charge in [-0.1, -0.05) is 30.3 Å². The fourth-order valence-electron chi connectivity index (χ4n) is 2.21. The molecule has 1 amide bonds. The summed E-state index contributed by atoms with van der Waals surface area (Å²) in [5.41, 5.74) is 1.47. The van der Waals surface area contributed by atoms with Crippen LogP contribution in [0.25, 0.3) is 10.6 Å². The van der Waals surface area contributed by atoms with Crippen LogP contribution in [0.5, 0.6) is 0 Å². The normalized spacial score (nSPS) is 14.6. The predicted molar refractivity (Wildman–Crippen MR) is 86.2 cm³/mol. The summed E-state index contributed by atoms with van der Waals surface area (Å²) in [5.74, 6) is -0.911. The van der Waals surface area contributed by atoms with Gasteiger partial charge in [0.25, 0.3) is 0 Å². The molecule has 0 aliphatic carbocycles. The van der Waals surface area contributed by atoms with Crippen molar-refractivity contribution in [3.63, 3.8) is 0 Å². The molecule has 2 heterocycles. The maximum atomic E-state index is 12.1. The van der Waals surface area contributed by atoms with Gasteiger partial charge in [-0.15, -0.1) is 11.3 Å². The number of carbonyl (C=O) groups excluding carboxylic acids is 1. The largest absolute Gasteiger partial charge is 0.342 e. The molecule has 0 atom stereocenters. The highest BCUT2D eigenvalue weighted by Crippen LogP contribution is 2.24. The minimum absolute atomic E-state index is 0.185. The number of nitrogens with zero attached hydrogens (tertiary/aromatic N) is 2. The quantitative estimate of drug-likeness (QED) is 0.837. The van der Waals surface area contributed by atoms with E-state index in [0.717, 1.165) is 17.0 Å². The Morgan fingerprint density at radius 2 is 1.95 bits per heavy atom. The molecule has 1 fully saturated rings. The van der Waals surface area contributed by atoms with Gasteiger partial charge >= 0.3 is 0 Å². The van der Waals surface area contributed by atoms with E-state index in [2.05, 4.69) is 4.98 Å². The SMILES string of the molecule is O=C(CS(=O)(=O)Cc1csc(-c2ccccc2)n1)N1CCC1. The number of hydrogen-bond donors (Lipinski definition) is 0. The second-order valence-electron chi connectivity index (χ2n) is 5.28. The molecule has 116 valence electrons. The van der Waals surface area contributed by atoms with Crippen molar-refractivity contribution in [2.45, 2.75) is 12.2 Å². The van der Waals surface area contributed by atoms with Gasteiger partial charge in [-0.3, -0.25) is 4.79 Å². The number of hydrogen-bond acceptors (Lipinski definition) is 5. The number of rotatable bonds is 5. The van der Waals surface area contributed by atoms with Gasteiger partial charge in [-0.2, -0.15) is 0 Å². The monoisotopic (exact) mass is 336 g/mol. The first-order valence-electron chi connectivity index (χ1n) is 7.01. The Bertz CT molecular complexity index is 765. The highest BCUT2D eigenvalue weighted by Gasteiger charge is 2.26. The minimum Gasteiger partial charge on any atom is -0.342 e. The molecule has 0 N–H and O–H groups in total. The number of amides is 1. The molecule has 0 bridgehead atoms. The third-order valence-corrected chi connectivity index (χ3v) is 5.85.